The number of rotatable bonds is 6. The monoisotopic (exact) mass is 315 g/mol. The van der Waals surface area contributed by atoms with Gasteiger partial charge >= 0.3 is 0 Å². The Balaban J connectivity index is 2.53. The van der Waals surface area contributed by atoms with Gasteiger partial charge in [-0.05, 0) is 24.6 Å². The van der Waals surface area contributed by atoms with Gasteiger partial charge in [0.25, 0.3) is 0 Å². The second-order valence-corrected chi connectivity index (χ2v) is 5.01. The number of amides is 1. The van der Waals surface area contributed by atoms with Crippen molar-refractivity contribution in [3.8, 4) is 0 Å². The van der Waals surface area contributed by atoms with Gasteiger partial charge in [-0.25, -0.2) is 0 Å². The van der Waals surface area contributed by atoms with E-state index in [1.54, 1.807) is 14.0 Å². The molecule has 0 spiro atoms. The second kappa shape index (κ2) is 7.51. The molecule has 0 radical (unpaired) electrons. The predicted octanol–water partition coefficient (Wildman–Crippen LogP) is 2.02. The molecule has 0 aliphatic heterocycles. The van der Waals surface area contributed by atoms with Crippen LogP contribution in [-0.2, 0) is 9.53 Å². The molecule has 0 aromatic heterocycles. The van der Waals surface area contributed by atoms with Crippen LogP contribution in [-0.4, -0.2) is 30.8 Å². The molecule has 5 heteroatoms. The maximum atomic E-state index is 11.5. The van der Waals surface area contributed by atoms with Crippen LogP contribution in [0.5, 0.6) is 0 Å². The number of carbonyl (C=O) groups excluding carboxylic acids is 1. The van der Waals surface area contributed by atoms with E-state index in [0.29, 0.717) is 13.0 Å². The summed E-state index contributed by atoms with van der Waals surface area (Å²) in [7, 11) is 1.55. The molecule has 1 rings (SSSR count). The van der Waals surface area contributed by atoms with E-state index in [9.17, 15) is 9.90 Å². The molecule has 0 bridgehead atoms. The van der Waals surface area contributed by atoms with E-state index in [-0.39, 0.29) is 11.9 Å². The topological polar surface area (TPSA) is 58.6 Å². The number of aliphatic hydroxyl groups excluding tert-OH is 1. The molecule has 0 saturated carbocycles. The van der Waals surface area contributed by atoms with Gasteiger partial charge in [-0.15, -0.1) is 0 Å². The van der Waals surface area contributed by atoms with Gasteiger partial charge in [0, 0.05) is 18.0 Å². The van der Waals surface area contributed by atoms with E-state index in [1.165, 1.54) is 0 Å². The van der Waals surface area contributed by atoms with Crippen molar-refractivity contribution in [3.63, 3.8) is 0 Å². The van der Waals surface area contributed by atoms with Crippen molar-refractivity contribution in [1.82, 2.24) is 5.32 Å². The lowest BCUT2D eigenvalue weighted by Crippen LogP contribution is -2.37. The number of hydrogen-bond donors (Lipinski definition) is 2. The molecule has 0 saturated heterocycles. The van der Waals surface area contributed by atoms with Crippen LogP contribution in [0.3, 0.4) is 0 Å². The summed E-state index contributed by atoms with van der Waals surface area (Å²) in [5.74, 6) is -0.125. The van der Waals surface area contributed by atoms with Crippen molar-refractivity contribution in [1.29, 1.82) is 0 Å². The van der Waals surface area contributed by atoms with Crippen LogP contribution in [0.15, 0.2) is 28.7 Å². The standard InChI is InChI=1S/C13H18BrNO3/c1-9(15-12(16)7-8-18-2)13(17)10-3-5-11(14)6-4-10/h3-6,9,13,17H,7-8H2,1-2H3,(H,15,16)/t9-,13+/m0/s1. The van der Waals surface area contributed by atoms with Crippen molar-refractivity contribution < 1.29 is 14.6 Å². The molecule has 1 aromatic carbocycles. The minimum Gasteiger partial charge on any atom is -0.386 e. The third kappa shape index (κ3) is 4.76. The van der Waals surface area contributed by atoms with E-state index >= 15 is 0 Å². The first-order valence-corrected chi connectivity index (χ1v) is 6.55. The summed E-state index contributed by atoms with van der Waals surface area (Å²) in [6, 6.07) is 7.03. The molecule has 0 unspecified atom stereocenters. The number of ether oxygens (including phenoxy) is 1. The summed E-state index contributed by atoms with van der Waals surface area (Å²) in [4.78, 5) is 11.5. The maximum absolute atomic E-state index is 11.5. The third-order valence-electron chi connectivity index (χ3n) is 2.61. The van der Waals surface area contributed by atoms with Gasteiger partial charge in [0.2, 0.25) is 5.91 Å². The fourth-order valence-electron chi connectivity index (χ4n) is 1.55. The predicted molar refractivity (Wildman–Crippen MR) is 73.2 cm³/mol. The number of benzene rings is 1. The highest BCUT2D eigenvalue weighted by Crippen LogP contribution is 2.19. The van der Waals surface area contributed by atoms with Crippen molar-refractivity contribution >= 4 is 21.8 Å². The largest absolute Gasteiger partial charge is 0.386 e. The highest BCUT2D eigenvalue weighted by atomic mass is 79.9. The number of carbonyl (C=O) groups is 1. The fraction of sp³-hybridized carbons (Fsp3) is 0.462. The van der Waals surface area contributed by atoms with Gasteiger partial charge < -0.3 is 15.2 Å². The molecule has 18 heavy (non-hydrogen) atoms. The number of aliphatic hydroxyl groups is 1. The molecule has 4 nitrogen and oxygen atoms in total. The van der Waals surface area contributed by atoms with Crippen molar-refractivity contribution in [2.45, 2.75) is 25.5 Å². The Hall–Kier alpha value is -0.910. The van der Waals surface area contributed by atoms with Crippen molar-refractivity contribution in [3.05, 3.63) is 34.3 Å². The Kier molecular flexibility index (Phi) is 6.32. The number of nitrogens with one attached hydrogen (secondary N) is 1. The Morgan fingerprint density at radius 1 is 1.44 bits per heavy atom. The summed E-state index contributed by atoms with van der Waals surface area (Å²) < 4.78 is 5.78. The maximum Gasteiger partial charge on any atom is 0.222 e. The zero-order valence-corrected chi connectivity index (χ0v) is 12.1. The quantitative estimate of drug-likeness (QED) is 0.844. The molecule has 0 aliphatic rings. The summed E-state index contributed by atoms with van der Waals surface area (Å²) in [5, 5.41) is 12.8. The summed E-state index contributed by atoms with van der Waals surface area (Å²) >= 11 is 3.34. The number of methoxy groups -OCH3 is 1. The van der Waals surface area contributed by atoms with E-state index in [0.717, 1.165) is 10.0 Å². The normalized spacial score (nSPS) is 14.0. The molecule has 2 atom stereocenters. The lowest BCUT2D eigenvalue weighted by Gasteiger charge is -2.20. The molecule has 1 aromatic rings. The van der Waals surface area contributed by atoms with Crippen molar-refractivity contribution in [2.24, 2.45) is 0 Å². The smallest absolute Gasteiger partial charge is 0.222 e. The highest BCUT2D eigenvalue weighted by Gasteiger charge is 2.18. The Morgan fingerprint density at radius 3 is 2.61 bits per heavy atom. The Labute approximate surface area is 115 Å². The van der Waals surface area contributed by atoms with Gasteiger partial charge in [-0.2, -0.15) is 0 Å². The molecule has 2 N–H and O–H groups in total. The summed E-state index contributed by atoms with van der Waals surface area (Å²) in [5.41, 5.74) is 0.776. The van der Waals surface area contributed by atoms with E-state index < -0.39 is 6.10 Å². The van der Waals surface area contributed by atoms with Crippen LogP contribution in [0.2, 0.25) is 0 Å². The molecule has 0 fully saturated rings. The highest BCUT2D eigenvalue weighted by molar-refractivity contribution is 9.10. The van der Waals surface area contributed by atoms with Gasteiger partial charge in [-0.3, -0.25) is 4.79 Å². The Bertz CT molecular complexity index is 380. The van der Waals surface area contributed by atoms with E-state index in [2.05, 4.69) is 21.2 Å². The summed E-state index contributed by atoms with van der Waals surface area (Å²) in [6.07, 6.45) is -0.418. The lowest BCUT2D eigenvalue weighted by molar-refractivity contribution is -0.123. The van der Waals surface area contributed by atoms with Crippen LogP contribution in [0.25, 0.3) is 0 Å². The molecule has 100 valence electrons. The minimum absolute atomic E-state index is 0.125. The molecular formula is C13H18BrNO3. The van der Waals surface area contributed by atoms with Crippen LogP contribution in [0.1, 0.15) is 25.0 Å². The van der Waals surface area contributed by atoms with Crippen molar-refractivity contribution in [2.75, 3.05) is 13.7 Å². The van der Waals surface area contributed by atoms with Crippen LogP contribution in [0, 0.1) is 0 Å². The molecule has 0 heterocycles. The van der Waals surface area contributed by atoms with E-state index in [1.807, 2.05) is 24.3 Å². The lowest BCUT2D eigenvalue weighted by atomic mass is 10.0. The molecular weight excluding hydrogens is 298 g/mol. The number of hydrogen-bond acceptors (Lipinski definition) is 3. The SMILES string of the molecule is COCCC(=O)N[C@@H](C)[C@@H](O)c1ccc(Br)cc1. The zero-order valence-electron chi connectivity index (χ0n) is 10.5. The second-order valence-electron chi connectivity index (χ2n) is 4.10. The summed E-state index contributed by atoms with van der Waals surface area (Å²) in [6.45, 7) is 2.16. The first-order valence-electron chi connectivity index (χ1n) is 5.76. The minimum atomic E-state index is -0.718. The fourth-order valence-corrected chi connectivity index (χ4v) is 1.81. The first kappa shape index (κ1) is 15.1. The zero-order chi connectivity index (χ0) is 13.5. The number of halogens is 1. The van der Waals surface area contributed by atoms with Crippen LogP contribution >= 0.6 is 15.9 Å². The van der Waals surface area contributed by atoms with Crippen LogP contribution < -0.4 is 5.32 Å². The van der Waals surface area contributed by atoms with Gasteiger partial charge in [0.1, 0.15) is 0 Å². The molecule has 1 amide bonds. The average Bonchev–Trinajstić information content (AvgIpc) is 2.36. The third-order valence-corrected chi connectivity index (χ3v) is 3.14. The average molecular weight is 316 g/mol. The molecule has 0 aliphatic carbocycles. The van der Waals surface area contributed by atoms with Gasteiger partial charge in [0.15, 0.2) is 0 Å². The van der Waals surface area contributed by atoms with Gasteiger partial charge in [0.05, 0.1) is 18.8 Å². The van der Waals surface area contributed by atoms with E-state index in [4.69, 9.17) is 4.74 Å². The van der Waals surface area contributed by atoms with Crippen LogP contribution in [0.4, 0.5) is 0 Å². The van der Waals surface area contributed by atoms with Gasteiger partial charge in [-0.1, -0.05) is 28.1 Å². The Morgan fingerprint density at radius 2 is 2.06 bits per heavy atom. The first-order chi connectivity index (χ1) is 8.54.